The first kappa shape index (κ1) is 11.5. The van der Waals surface area contributed by atoms with E-state index in [2.05, 4.69) is 9.73 Å². The summed E-state index contributed by atoms with van der Waals surface area (Å²) in [5, 5.41) is 10.2. The molecule has 5 nitrogen and oxygen atoms in total. The Balaban J connectivity index is 4.68. The van der Waals surface area contributed by atoms with Crippen LogP contribution >= 0.6 is 0 Å². The topological polar surface area (TPSA) is 64.7 Å². The van der Waals surface area contributed by atoms with Crippen LogP contribution in [0.2, 0.25) is 0 Å². The van der Waals surface area contributed by atoms with Gasteiger partial charge in [0.15, 0.2) is 0 Å². The van der Waals surface area contributed by atoms with Crippen molar-refractivity contribution in [1.29, 1.82) is 0 Å². The first-order valence-electron chi connectivity index (χ1n) is 3.25. The van der Waals surface area contributed by atoms with Gasteiger partial charge >= 0.3 is 12.4 Å². The van der Waals surface area contributed by atoms with Gasteiger partial charge in [-0.25, -0.2) is 0 Å². The number of nitrogens with zero attached hydrogens (tertiary/aromatic N) is 2. The van der Waals surface area contributed by atoms with E-state index >= 15 is 0 Å². The molecule has 0 saturated carbocycles. The van der Waals surface area contributed by atoms with Crippen LogP contribution in [0.4, 0.5) is 8.78 Å². The van der Waals surface area contributed by atoms with Gasteiger partial charge < -0.3 is 14.9 Å². The summed E-state index contributed by atoms with van der Waals surface area (Å²) in [5.74, 6) is -1.26. The molecule has 0 amide bonds. The Morgan fingerprint density at radius 2 is 2.23 bits per heavy atom. The van der Waals surface area contributed by atoms with E-state index in [9.17, 15) is 18.9 Å². The van der Waals surface area contributed by atoms with Crippen LogP contribution in [0.5, 0.6) is 0 Å². The van der Waals surface area contributed by atoms with Gasteiger partial charge in [-0.3, -0.25) is 0 Å². The van der Waals surface area contributed by atoms with E-state index in [-0.39, 0.29) is 0 Å². The zero-order valence-corrected chi connectivity index (χ0v) is 7.03. The monoisotopic (exact) mass is 194 g/mol. The first-order chi connectivity index (χ1) is 6.02. The van der Waals surface area contributed by atoms with Gasteiger partial charge in [-0.2, -0.15) is 8.78 Å². The van der Waals surface area contributed by atoms with Crippen molar-refractivity contribution in [2.45, 2.75) is 13.5 Å². The molecule has 0 radical (unpaired) electrons. The molecule has 7 heteroatoms. The zero-order valence-electron chi connectivity index (χ0n) is 7.03. The van der Waals surface area contributed by atoms with Gasteiger partial charge in [0, 0.05) is 0 Å². The van der Waals surface area contributed by atoms with E-state index in [4.69, 9.17) is 0 Å². The number of hydrogen-bond donors (Lipinski definition) is 0. The minimum absolute atomic E-state index is 0.539. The van der Waals surface area contributed by atoms with Crippen molar-refractivity contribution in [3.05, 3.63) is 21.9 Å². The predicted molar refractivity (Wildman–Crippen MR) is 41.2 cm³/mol. The van der Waals surface area contributed by atoms with E-state index in [1.165, 1.54) is 6.92 Å². The Labute approximate surface area is 72.9 Å². The van der Waals surface area contributed by atoms with Crippen LogP contribution in [0.15, 0.2) is 16.8 Å². The molecule has 0 fully saturated rings. The SMILES string of the molecule is C/C=C(OC(F)F)\C(=N/C)[N+](=O)[O-]. The van der Waals surface area contributed by atoms with Gasteiger partial charge in [-0.15, -0.1) is 0 Å². The molecule has 0 N–H and O–H groups in total. The highest BCUT2D eigenvalue weighted by Gasteiger charge is 2.21. The molecular formula is C6H8F2N2O3. The fourth-order valence-corrected chi connectivity index (χ4v) is 0.628. The summed E-state index contributed by atoms with van der Waals surface area (Å²) in [5.41, 5.74) is 0. The quantitative estimate of drug-likeness (QED) is 0.224. The Hall–Kier alpha value is -1.53. The van der Waals surface area contributed by atoms with Gasteiger partial charge in [-0.05, 0) is 17.9 Å². The number of rotatable bonds is 3. The van der Waals surface area contributed by atoms with Crippen LogP contribution in [0.3, 0.4) is 0 Å². The van der Waals surface area contributed by atoms with E-state index in [0.29, 0.717) is 0 Å². The molecule has 0 atom stereocenters. The molecule has 0 aromatic heterocycles. The van der Waals surface area contributed by atoms with E-state index < -0.39 is 23.1 Å². The minimum Gasteiger partial charge on any atom is -0.426 e. The Morgan fingerprint density at radius 1 is 1.69 bits per heavy atom. The summed E-state index contributed by atoms with van der Waals surface area (Å²) >= 11 is 0. The third kappa shape index (κ3) is 3.59. The average Bonchev–Trinajstić information content (AvgIpc) is 2.02. The van der Waals surface area contributed by atoms with E-state index in [1.807, 2.05) is 0 Å². The second-order valence-electron chi connectivity index (χ2n) is 1.84. The molecule has 0 aliphatic heterocycles. The molecule has 0 aromatic rings. The van der Waals surface area contributed by atoms with Crippen LogP contribution in [-0.2, 0) is 4.74 Å². The number of nitro groups is 1. The molecule has 0 bridgehead atoms. The summed E-state index contributed by atoms with van der Waals surface area (Å²) < 4.78 is 27.3. The Morgan fingerprint density at radius 3 is 2.46 bits per heavy atom. The number of amidine groups is 1. The van der Waals surface area contributed by atoms with Gasteiger partial charge in [0.2, 0.25) is 5.76 Å². The third-order valence-corrected chi connectivity index (χ3v) is 1.08. The second kappa shape index (κ2) is 5.18. The average molecular weight is 194 g/mol. The molecule has 0 heterocycles. The Kier molecular flexibility index (Phi) is 4.57. The lowest BCUT2D eigenvalue weighted by atomic mass is 10.4. The molecular weight excluding hydrogens is 186 g/mol. The van der Waals surface area contributed by atoms with Gasteiger partial charge in [0.05, 0.1) is 0 Å². The minimum atomic E-state index is -3.09. The number of alkyl halides is 2. The number of aliphatic imine (C=N–C) groups is 1. The van der Waals surface area contributed by atoms with Gasteiger partial charge in [-0.1, -0.05) is 4.99 Å². The molecule has 0 aromatic carbocycles. The highest BCUT2D eigenvalue weighted by Crippen LogP contribution is 2.07. The number of hydrogen-bond acceptors (Lipinski definition) is 4. The lowest BCUT2D eigenvalue weighted by Gasteiger charge is -2.04. The molecule has 74 valence electrons. The molecule has 0 unspecified atom stereocenters. The normalized spacial score (nSPS) is 13.3. The summed E-state index contributed by atoms with van der Waals surface area (Å²) in [4.78, 5) is 12.5. The molecule has 13 heavy (non-hydrogen) atoms. The first-order valence-corrected chi connectivity index (χ1v) is 3.25. The van der Waals surface area contributed by atoms with E-state index in [1.54, 1.807) is 0 Å². The Bertz CT molecular complexity index is 250. The maximum Gasteiger partial charge on any atom is 0.400 e. The number of halogens is 2. The largest absolute Gasteiger partial charge is 0.426 e. The number of ether oxygens (including phenoxy) is 1. The van der Waals surface area contributed by atoms with Gasteiger partial charge in [0.1, 0.15) is 7.05 Å². The van der Waals surface area contributed by atoms with Crippen molar-refractivity contribution in [3.8, 4) is 0 Å². The highest BCUT2D eigenvalue weighted by atomic mass is 19.3. The van der Waals surface area contributed by atoms with Crippen LogP contribution < -0.4 is 0 Å². The molecule has 0 saturated heterocycles. The standard InChI is InChI=1S/C6H8F2N2O3/c1-3-4(13-6(7)8)5(9-2)10(11)12/h3,6H,1-2H3/b4-3+,9-5+. The van der Waals surface area contributed by atoms with Crippen molar-refractivity contribution >= 4 is 5.84 Å². The summed E-state index contributed by atoms with van der Waals surface area (Å²) in [6.45, 7) is -1.75. The lowest BCUT2D eigenvalue weighted by Crippen LogP contribution is -2.18. The van der Waals surface area contributed by atoms with Crippen molar-refractivity contribution in [2.75, 3.05) is 7.05 Å². The fourth-order valence-electron chi connectivity index (χ4n) is 0.628. The summed E-state index contributed by atoms with van der Waals surface area (Å²) in [7, 11) is 1.12. The zero-order chi connectivity index (χ0) is 10.4. The van der Waals surface area contributed by atoms with E-state index in [0.717, 1.165) is 13.1 Å². The second-order valence-corrected chi connectivity index (χ2v) is 1.84. The van der Waals surface area contributed by atoms with Crippen LogP contribution in [0.1, 0.15) is 6.92 Å². The van der Waals surface area contributed by atoms with Crippen LogP contribution in [0, 0.1) is 10.1 Å². The summed E-state index contributed by atoms with van der Waals surface area (Å²) in [6.07, 6.45) is 1.05. The van der Waals surface area contributed by atoms with Crippen LogP contribution in [-0.4, -0.2) is 24.4 Å². The van der Waals surface area contributed by atoms with Crippen molar-refractivity contribution < 1.29 is 18.4 Å². The van der Waals surface area contributed by atoms with Crippen LogP contribution in [0.25, 0.3) is 0 Å². The molecule has 0 rings (SSSR count). The molecule has 0 aliphatic rings. The predicted octanol–water partition coefficient (Wildman–Crippen LogP) is 1.43. The smallest absolute Gasteiger partial charge is 0.400 e. The highest BCUT2D eigenvalue weighted by molar-refractivity contribution is 5.89. The van der Waals surface area contributed by atoms with Crippen molar-refractivity contribution in [2.24, 2.45) is 4.99 Å². The maximum atomic E-state index is 11.7. The fraction of sp³-hybridized carbons (Fsp3) is 0.500. The molecule has 0 aliphatic carbocycles. The summed E-state index contributed by atoms with van der Waals surface area (Å²) in [6, 6.07) is 0. The van der Waals surface area contributed by atoms with Crippen molar-refractivity contribution in [1.82, 2.24) is 0 Å². The van der Waals surface area contributed by atoms with Crippen molar-refractivity contribution in [3.63, 3.8) is 0 Å². The van der Waals surface area contributed by atoms with Gasteiger partial charge in [0.25, 0.3) is 0 Å². The number of allylic oxidation sites excluding steroid dienone is 1. The molecule has 0 spiro atoms. The lowest BCUT2D eigenvalue weighted by molar-refractivity contribution is -0.352. The third-order valence-electron chi connectivity index (χ3n) is 1.08. The maximum absolute atomic E-state index is 11.7.